The standard InChI is InChI=1S/C15H19NO6/c1-3-5-8-21-15(18)10-22-14-7-6-11(13(17)4-2)9-12(14)16(19)20/h6-7,9H,3-5,8,10H2,1-2H3. The lowest BCUT2D eigenvalue weighted by atomic mass is 10.1. The van der Waals surface area contributed by atoms with Gasteiger partial charge in [-0.15, -0.1) is 0 Å². The molecule has 0 saturated carbocycles. The Hall–Kier alpha value is -2.44. The van der Waals surface area contributed by atoms with E-state index in [1.54, 1.807) is 6.92 Å². The van der Waals surface area contributed by atoms with E-state index in [1.807, 2.05) is 6.92 Å². The van der Waals surface area contributed by atoms with Gasteiger partial charge in [-0.3, -0.25) is 14.9 Å². The summed E-state index contributed by atoms with van der Waals surface area (Å²) in [5.74, 6) is -0.852. The molecule has 0 fully saturated rings. The Morgan fingerprint density at radius 1 is 1.27 bits per heavy atom. The molecule has 0 aliphatic heterocycles. The number of carbonyl (C=O) groups is 2. The molecule has 1 rings (SSSR count). The molecule has 120 valence electrons. The first-order chi connectivity index (χ1) is 10.5. The van der Waals surface area contributed by atoms with E-state index in [2.05, 4.69) is 0 Å². The molecule has 0 saturated heterocycles. The summed E-state index contributed by atoms with van der Waals surface area (Å²) < 4.78 is 10.0. The molecular weight excluding hydrogens is 290 g/mol. The average Bonchev–Trinajstić information content (AvgIpc) is 2.52. The minimum absolute atomic E-state index is 0.0647. The highest BCUT2D eigenvalue weighted by Crippen LogP contribution is 2.28. The summed E-state index contributed by atoms with van der Waals surface area (Å²) in [6, 6.07) is 3.92. The van der Waals surface area contributed by atoms with Crippen molar-refractivity contribution in [2.45, 2.75) is 33.1 Å². The average molecular weight is 309 g/mol. The molecule has 0 spiro atoms. The number of ether oxygens (including phenoxy) is 2. The molecular formula is C15H19NO6. The second-order valence-corrected chi connectivity index (χ2v) is 4.58. The molecule has 7 heteroatoms. The van der Waals surface area contributed by atoms with Crippen LogP contribution in [-0.2, 0) is 9.53 Å². The second-order valence-electron chi connectivity index (χ2n) is 4.58. The molecule has 1 aromatic carbocycles. The Balaban J connectivity index is 2.75. The first-order valence-corrected chi connectivity index (χ1v) is 7.09. The number of nitro benzene ring substituents is 1. The van der Waals surface area contributed by atoms with Gasteiger partial charge >= 0.3 is 11.7 Å². The number of rotatable bonds is 9. The number of carbonyl (C=O) groups excluding carboxylic acids is 2. The monoisotopic (exact) mass is 309 g/mol. The smallest absolute Gasteiger partial charge is 0.344 e. The lowest BCUT2D eigenvalue weighted by Gasteiger charge is -2.08. The number of hydrogen-bond donors (Lipinski definition) is 0. The molecule has 0 heterocycles. The van der Waals surface area contributed by atoms with Gasteiger partial charge in [0.15, 0.2) is 18.1 Å². The first kappa shape index (κ1) is 17.6. The number of nitro groups is 1. The van der Waals surface area contributed by atoms with Crippen molar-refractivity contribution in [1.82, 2.24) is 0 Å². The zero-order valence-electron chi connectivity index (χ0n) is 12.7. The molecule has 0 radical (unpaired) electrons. The van der Waals surface area contributed by atoms with Crippen LogP contribution in [-0.4, -0.2) is 29.9 Å². The van der Waals surface area contributed by atoms with E-state index in [1.165, 1.54) is 12.1 Å². The molecule has 0 N–H and O–H groups in total. The third-order valence-corrected chi connectivity index (χ3v) is 2.91. The summed E-state index contributed by atoms with van der Waals surface area (Å²) in [6.45, 7) is 3.52. The predicted molar refractivity (Wildman–Crippen MR) is 79.1 cm³/mol. The van der Waals surface area contributed by atoms with Crippen molar-refractivity contribution in [3.05, 3.63) is 33.9 Å². The van der Waals surface area contributed by atoms with E-state index >= 15 is 0 Å². The van der Waals surface area contributed by atoms with Crippen molar-refractivity contribution in [2.75, 3.05) is 13.2 Å². The topological polar surface area (TPSA) is 95.7 Å². The number of esters is 1. The molecule has 0 aromatic heterocycles. The molecule has 1 aromatic rings. The van der Waals surface area contributed by atoms with Gasteiger partial charge in [-0.2, -0.15) is 0 Å². The van der Waals surface area contributed by atoms with Crippen LogP contribution < -0.4 is 4.74 Å². The third-order valence-electron chi connectivity index (χ3n) is 2.91. The quantitative estimate of drug-likeness (QED) is 0.229. The number of benzene rings is 1. The molecule has 7 nitrogen and oxygen atoms in total. The number of unbranched alkanes of at least 4 members (excludes halogenated alkanes) is 1. The lowest BCUT2D eigenvalue weighted by molar-refractivity contribution is -0.385. The van der Waals surface area contributed by atoms with E-state index in [9.17, 15) is 19.7 Å². The molecule has 0 bridgehead atoms. The van der Waals surface area contributed by atoms with Crippen LogP contribution in [0.4, 0.5) is 5.69 Å². The Kier molecular flexibility index (Phi) is 7.01. The van der Waals surface area contributed by atoms with Gasteiger partial charge in [0.2, 0.25) is 0 Å². The van der Waals surface area contributed by atoms with Crippen molar-refractivity contribution < 1.29 is 24.0 Å². The molecule has 0 aliphatic rings. The van der Waals surface area contributed by atoms with Gasteiger partial charge in [0.05, 0.1) is 11.5 Å². The summed E-state index contributed by atoms with van der Waals surface area (Å²) >= 11 is 0. The summed E-state index contributed by atoms with van der Waals surface area (Å²) in [5, 5.41) is 11.0. The largest absolute Gasteiger partial charge is 0.475 e. The molecule has 0 unspecified atom stereocenters. The van der Waals surface area contributed by atoms with Gasteiger partial charge in [-0.1, -0.05) is 20.3 Å². The SMILES string of the molecule is CCCCOC(=O)COc1ccc(C(=O)CC)cc1[N+](=O)[O-]. The highest BCUT2D eigenvalue weighted by Gasteiger charge is 2.19. The van der Waals surface area contributed by atoms with Crippen LogP contribution >= 0.6 is 0 Å². The fraction of sp³-hybridized carbons (Fsp3) is 0.467. The lowest BCUT2D eigenvalue weighted by Crippen LogP contribution is -2.16. The predicted octanol–water partition coefficient (Wildman–Crippen LogP) is 2.91. The fourth-order valence-electron chi connectivity index (χ4n) is 1.67. The Morgan fingerprint density at radius 2 is 2.00 bits per heavy atom. The van der Waals surface area contributed by atoms with Gasteiger partial charge in [0, 0.05) is 18.1 Å². The Bertz CT molecular complexity index is 555. The van der Waals surface area contributed by atoms with Gasteiger partial charge in [0.25, 0.3) is 0 Å². The van der Waals surface area contributed by atoms with E-state index < -0.39 is 17.5 Å². The molecule has 0 atom stereocenters. The number of hydrogen-bond acceptors (Lipinski definition) is 6. The summed E-state index contributed by atoms with van der Waals surface area (Å²) in [4.78, 5) is 33.4. The number of ketones is 1. The van der Waals surface area contributed by atoms with E-state index in [-0.39, 0.29) is 29.2 Å². The first-order valence-electron chi connectivity index (χ1n) is 7.09. The van der Waals surface area contributed by atoms with Crippen LogP contribution in [0.25, 0.3) is 0 Å². The highest BCUT2D eigenvalue weighted by molar-refractivity contribution is 5.96. The molecule has 22 heavy (non-hydrogen) atoms. The van der Waals surface area contributed by atoms with Gasteiger partial charge in [0.1, 0.15) is 0 Å². The normalized spacial score (nSPS) is 10.1. The Labute approximate surface area is 128 Å². The summed E-state index contributed by atoms with van der Waals surface area (Å²) in [7, 11) is 0. The number of nitrogens with zero attached hydrogens (tertiary/aromatic N) is 1. The van der Waals surface area contributed by atoms with Crippen LogP contribution in [0.1, 0.15) is 43.5 Å². The fourth-order valence-corrected chi connectivity index (χ4v) is 1.67. The van der Waals surface area contributed by atoms with Crippen LogP contribution in [0.15, 0.2) is 18.2 Å². The minimum atomic E-state index is -0.649. The maximum absolute atomic E-state index is 11.6. The summed E-state index contributed by atoms with van der Waals surface area (Å²) in [6.07, 6.45) is 1.90. The zero-order valence-corrected chi connectivity index (χ0v) is 12.7. The summed E-state index contributed by atoms with van der Waals surface area (Å²) in [5.41, 5.74) is -0.104. The third kappa shape index (κ3) is 5.16. The van der Waals surface area contributed by atoms with Crippen LogP contribution in [0.2, 0.25) is 0 Å². The van der Waals surface area contributed by atoms with Gasteiger partial charge in [-0.25, -0.2) is 4.79 Å². The number of Topliss-reactive ketones (excluding diaryl/α,β-unsaturated/α-hetero) is 1. The van der Waals surface area contributed by atoms with Gasteiger partial charge in [-0.05, 0) is 18.6 Å². The molecule has 0 amide bonds. The minimum Gasteiger partial charge on any atom is -0.475 e. The van der Waals surface area contributed by atoms with E-state index in [4.69, 9.17) is 9.47 Å². The molecule has 0 aliphatic carbocycles. The van der Waals surface area contributed by atoms with E-state index in [0.717, 1.165) is 18.9 Å². The maximum Gasteiger partial charge on any atom is 0.344 e. The Morgan fingerprint density at radius 3 is 2.59 bits per heavy atom. The van der Waals surface area contributed by atoms with Gasteiger partial charge < -0.3 is 9.47 Å². The highest BCUT2D eigenvalue weighted by atomic mass is 16.6. The zero-order chi connectivity index (χ0) is 16.5. The van der Waals surface area contributed by atoms with Crippen molar-refractivity contribution in [1.29, 1.82) is 0 Å². The van der Waals surface area contributed by atoms with Crippen LogP contribution in [0.5, 0.6) is 5.75 Å². The van der Waals surface area contributed by atoms with Crippen molar-refractivity contribution in [3.63, 3.8) is 0 Å². The maximum atomic E-state index is 11.6. The van der Waals surface area contributed by atoms with Crippen LogP contribution in [0.3, 0.4) is 0 Å². The van der Waals surface area contributed by atoms with Crippen LogP contribution in [0, 0.1) is 10.1 Å². The van der Waals surface area contributed by atoms with Crippen molar-refractivity contribution in [3.8, 4) is 5.75 Å². The van der Waals surface area contributed by atoms with Crippen molar-refractivity contribution >= 4 is 17.4 Å². The second kappa shape index (κ2) is 8.76. The van der Waals surface area contributed by atoms with E-state index in [0.29, 0.717) is 6.61 Å². The van der Waals surface area contributed by atoms with Crippen molar-refractivity contribution in [2.24, 2.45) is 0 Å².